The van der Waals surface area contributed by atoms with E-state index in [2.05, 4.69) is 41.2 Å². The van der Waals surface area contributed by atoms with Crippen molar-refractivity contribution >= 4 is 5.69 Å². The monoisotopic (exact) mass is 319 g/mol. The molecule has 1 aliphatic heterocycles. The zero-order chi connectivity index (χ0) is 16.5. The highest BCUT2D eigenvalue weighted by molar-refractivity contribution is 5.77. The molecule has 0 saturated heterocycles. The Balaban J connectivity index is 1.87. The predicted octanol–water partition coefficient (Wildman–Crippen LogP) is 4.64. The molecular formula is C20H21N3O. The van der Waals surface area contributed by atoms with Gasteiger partial charge in [0.05, 0.1) is 6.20 Å². The van der Waals surface area contributed by atoms with Gasteiger partial charge < -0.3 is 9.64 Å². The van der Waals surface area contributed by atoms with Crippen LogP contribution in [0.15, 0.2) is 54.9 Å². The Hall–Kier alpha value is -2.75. The summed E-state index contributed by atoms with van der Waals surface area (Å²) in [6.07, 6.45) is 5.90. The van der Waals surface area contributed by atoms with Crippen molar-refractivity contribution in [1.29, 1.82) is 0 Å². The number of nitrogens with zero attached hydrogens (tertiary/aromatic N) is 2. The minimum Gasteiger partial charge on any atom is -0.456 e. The van der Waals surface area contributed by atoms with Crippen LogP contribution in [-0.2, 0) is 6.42 Å². The van der Waals surface area contributed by atoms with E-state index in [1.165, 1.54) is 11.3 Å². The van der Waals surface area contributed by atoms with E-state index in [1.807, 2.05) is 42.7 Å². The molecule has 0 spiro atoms. The molecule has 4 heteroatoms. The lowest BCUT2D eigenvalue weighted by Gasteiger charge is -2.35. The molecule has 2 heterocycles. The van der Waals surface area contributed by atoms with Crippen molar-refractivity contribution in [3.05, 3.63) is 60.4 Å². The first-order valence-corrected chi connectivity index (χ1v) is 8.35. The van der Waals surface area contributed by atoms with Crippen molar-refractivity contribution < 1.29 is 4.74 Å². The zero-order valence-electron chi connectivity index (χ0n) is 14.0. The first-order valence-electron chi connectivity index (χ1n) is 8.35. The number of hydrogen-bond donors (Lipinski definition) is 1. The lowest BCUT2D eigenvalue weighted by Crippen LogP contribution is -2.33. The number of nitrogens with one attached hydrogen (secondary N) is 1. The number of hydrogen-bond acceptors (Lipinski definition) is 3. The van der Waals surface area contributed by atoms with E-state index in [0.717, 1.165) is 35.5 Å². The highest BCUT2D eigenvalue weighted by Gasteiger charge is 2.25. The quantitative estimate of drug-likeness (QED) is 0.764. The maximum absolute atomic E-state index is 6.35. The second kappa shape index (κ2) is 6.04. The zero-order valence-corrected chi connectivity index (χ0v) is 14.0. The Kier molecular flexibility index (Phi) is 3.73. The molecule has 0 saturated carbocycles. The van der Waals surface area contributed by atoms with Crippen LogP contribution in [-0.4, -0.2) is 23.3 Å². The molecular weight excluding hydrogens is 298 g/mol. The summed E-state index contributed by atoms with van der Waals surface area (Å²) >= 11 is 0. The minimum atomic E-state index is 0.543. The highest BCUT2D eigenvalue weighted by atomic mass is 16.5. The lowest BCUT2D eigenvalue weighted by molar-refractivity contribution is 0.470. The summed E-state index contributed by atoms with van der Waals surface area (Å²) in [6.45, 7) is 2.27. The molecule has 4 rings (SSSR count). The van der Waals surface area contributed by atoms with Gasteiger partial charge in [-0.1, -0.05) is 18.2 Å². The van der Waals surface area contributed by atoms with Crippen LogP contribution >= 0.6 is 0 Å². The van der Waals surface area contributed by atoms with Gasteiger partial charge in [-0.15, -0.1) is 0 Å². The fraction of sp³-hybridized carbons (Fsp3) is 0.250. The van der Waals surface area contributed by atoms with Crippen LogP contribution in [0.25, 0.3) is 11.1 Å². The smallest absolute Gasteiger partial charge is 0.140 e. The van der Waals surface area contributed by atoms with Crippen LogP contribution < -0.4 is 9.64 Å². The van der Waals surface area contributed by atoms with Gasteiger partial charge in [0, 0.05) is 41.7 Å². The van der Waals surface area contributed by atoms with Crippen molar-refractivity contribution in [2.45, 2.75) is 25.8 Å². The second-order valence-corrected chi connectivity index (χ2v) is 6.34. The van der Waals surface area contributed by atoms with Crippen molar-refractivity contribution in [3.8, 4) is 22.6 Å². The third kappa shape index (κ3) is 2.54. The Labute approximate surface area is 142 Å². The highest BCUT2D eigenvalue weighted by Crippen LogP contribution is 2.43. The second-order valence-electron chi connectivity index (χ2n) is 6.34. The third-order valence-electron chi connectivity index (χ3n) is 4.86. The number of H-pyrrole nitrogens is 1. The van der Waals surface area contributed by atoms with E-state index >= 15 is 0 Å². The minimum absolute atomic E-state index is 0.543. The van der Waals surface area contributed by atoms with Crippen LogP contribution in [0.5, 0.6) is 11.5 Å². The molecule has 1 aromatic heterocycles. The number of fused-ring (bicyclic) bond motifs is 1. The van der Waals surface area contributed by atoms with Gasteiger partial charge in [-0.05, 0) is 44.0 Å². The van der Waals surface area contributed by atoms with E-state index in [1.54, 1.807) is 0 Å². The molecule has 0 radical (unpaired) electrons. The number of para-hydroxylation sites is 1. The van der Waals surface area contributed by atoms with Gasteiger partial charge in [0.25, 0.3) is 0 Å². The molecule has 0 bridgehead atoms. The number of anilines is 1. The van der Waals surface area contributed by atoms with Gasteiger partial charge in [0.15, 0.2) is 0 Å². The van der Waals surface area contributed by atoms with E-state index in [-0.39, 0.29) is 0 Å². The Morgan fingerprint density at radius 3 is 2.75 bits per heavy atom. The van der Waals surface area contributed by atoms with Crippen LogP contribution in [0.1, 0.15) is 18.9 Å². The Morgan fingerprint density at radius 2 is 2.00 bits per heavy atom. The maximum atomic E-state index is 6.35. The molecule has 122 valence electrons. The van der Waals surface area contributed by atoms with Gasteiger partial charge in [-0.3, -0.25) is 5.10 Å². The number of aromatic nitrogens is 2. The molecule has 1 N–H and O–H groups in total. The van der Waals surface area contributed by atoms with Gasteiger partial charge >= 0.3 is 0 Å². The number of aromatic amines is 1. The third-order valence-corrected chi connectivity index (χ3v) is 4.86. The van der Waals surface area contributed by atoms with Crippen molar-refractivity contribution in [1.82, 2.24) is 10.2 Å². The fourth-order valence-electron chi connectivity index (χ4n) is 3.32. The van der Waals surface area contributed by atoms with E-state index < -0.39 is 0 Å². The van der Waals surface area contributed by atoms with Crippen LogP contribution in [0.4, 0.5) is 5.69 Å². The van der Waals surface area contributed by atoms with Gasteiger partial charge in [0.2, 0.25) is 0 Å². The normalized spacial score (nSPS) is 16.8. The summed E-state index contributed by atoms with van der Waals surface area (Å²) in [6, 6.07) is 14.9. The molecule has 0 unspecified atom stereocenters. The lowest BCUT2D eigenvalue weighted by atomic mass is 9.93. The largest absolute Gasteiger partial charge is 0.456 e. The number of rotatable bonds is 3. The summed E-state index contributed by atoms with van der Waals surface area (Å²) in [5.41, 5.74) is 4.66. The van der Waals surface area contributed by atoms with Crippen LogP contribution in [0.3, 0.4) is 0 Å². The number of benzene rings is 2. The summed E-state index contributed by atoms with van der Waals surface area (Å²) in [7, 11) is 2.16. The molecule has 4 nitrogen and oxygen atoms in total. The van der Waals surface area contributed by atoms with Gasteiger partial charge in [-0.25, -0.2) is 0 Å². The maximum Gasteiger partial charge on any atom is 0.140 e. The van der Waals surface area contributed by atoms with Gasteiger partial charge in [-0.2, -0.15) is 5.10 Å². The van der Waals surface area contributed by atoms with Crippen LogP contribution in [0, 0.1) is 0 Å². The number of ether oxygens (including phenoxy) is 1. The summed E-state index contributed by atoms with van der Waals surface area (Å²) in [5, 5.41) is 6.99. The molecule has 0 fully saturated rings. The summed E-state index contributed by atoms with van der Waals surface area (Å²) in [4.78, 5) is 2.34. The van der Waals surface area contributed by atoms with Gasteiger partial charge in [0.1, 0.15) is 11.5 Å². The van der Waals surface area contributed by atoms with E-state index in [9.17, 15) is 0 Å². The summed E-state index contributed by atoms with van der Waals surface area (Å²) < 4.78 is 6.35. The van der Waals surface area contributed by atoms with Crippen molar-refractivity contribution in [3.63, 3.8) is 0 Å². The Bertz CT molecular complexity index is 828. The first kappa shape index (κ1) is 14.8. The van der Waals surface area contributed by atoms with Crippen molar-refractivity contribution in [2.75, 3.05) is 11.9 Å². The molecule has 0 aliphatic carbocycles. The topological polar surface area (TPSA) is 41.1 Å². The predicted molar refractivity (Wildman–Crippen MR) is 96.7 cm³/mol. The standard InChI is InChI=1S/C20H21N3O/c1-14-8-9-18-19(23(14)2)11-10-17(15-12-21-22-13-15)20(18)24-16-6-4-3-5-7-16/h3-7,10-14H,8-9H2,1-2H3,(H,21,22)/t14-/m0/s1. The van der Waals surface area contributed by atoms with E-state index in [0.29, 0.717) is 6.04 Å². The summed E-state index contributed by atoms with van der Waals surface area (Å²) in [5.74, 6) is 1.80. The van der Waals surface area contributed by atoms with Crippen molar-refractivity contribution in [2.24, 2.45) is 0 Å². The first-order chi connectivity index (χ1) is 11.7. The average Bonchev–Trinajstić information content (AvgIpc) is 3.14. The molecule has 24 heavy (non-hydrogen) atoms. The van der Waals surface area contributed by atoms with Crippen LogP contribution in [0.2, 0.25) is 0 Å². The molecule has 0 amide bonds. The molecule has 1 aliphatic rings. The average molecular weight is 319 g/mol. The molecule has 1 atom stereocenters. The molecule has 2 aromatic carbocycles. The Morgan fingerprint density at radius 1 is 1.17 bits per heavy atom. The fourth-order valence-corrected chi connectivity index (χ4v) is 3.32. The SMILES string of the molecule is C[C@H]1CCc2c(ccc(-c3cn[nH]c3)c2Oc2ccccc2)N1C. The van der Waals surface area contributed by atoms with E-state index in [4.69, 9.17) is 4.74 Å². The molecule has 3 aromatic rings.